The zero-order valence-electron chi connectivity index (χ0n) is 16.9. The van der Waals surface area contributed by atoms with E-state index in [4.69, 9.17) is 16.6 Å². The number of H-pyrrole nitrogens is 1. The zero-order chi connectivity index (χ0) is 20.1. The number of hydrogen-bond donors (Lipinski definition) is 3. The maximum absolute atomic E-state index is 6.29. The molecule has 4 rings (SSSR count). The van der Waals surface area contributed by atoms with Crippen LogP contribution in [0.15, 0.2) is 47.6 Å². The molecule has 0 bridgehead atoms. The smallest absolute Gasteiger partial charge is 0.191 e. The Labute approximate surface area is 198 Å². The number of benzene rings is 1. The van der Waals surface area contributed by atoms with Gasteiger partial charge in [0.05, 0.1) is 16.1 Å². The summed E-state index contributed by atoms with van der Waals surface area (Å²) in [6.45, 7) is 5.33. The summed E-state index contributed by atoms with van der Waals surface area (Å²) in [6.07, 6.45) is 3.57. The molecule has 1 atom stereocenters. The van der Waals surface area contributed by atoms with Gasteiger partial charge in [-0.3, -0.25) is 4.99 Å². The Hall–Kier alpha value is -2.07. The summed E-state index contributed by atoms with van der Waals surface area (Å²) in [4.78, 5) is 19.3. The number of nitrogens with zero attached hydrogens (tertiary/aromatic N) is 4. The second-order valence-electron chi connectivity index (χ2n) is 7.10. The van der Waals surface area contributed by atoms with Gasteiger partial charge in [0, 0.05) is 44.8 Å². The maximum Gasteiger partial charge on any atom is 0.191 e. The lowest BCUT2D eigenvalue weighted by Gasteiger charge is -2.20. The normalized spacial score (nSPS) is 16.5. The van der Waals surface area contributed by atoms with Gasteiger partial charge in [0.15, 0.2) is 5.96 Å². The van der Waals surface area contributed by atoms with Crippen LogP contribution in [0.4, 0.5) is 5.82 Å². The lowest BCUT2D eigenvalue weighted by atomic mass is 10.3. The lowest BCUT2D eigenvalue weighted by molar-refractivity contribution is 0.648. The predicted molar refractivity (Wildman–Crippen MR) is 134 cm³/mol. The second kappa shape index (κ2) is 10.8. The monoisotopic (exact) mass is 539 g/mol. The Morgan fingerprint density at radius 1 is 1.30 bits per heavy atom. The quantitative estimate of drug-likeness (QED) is 0.253. The van der Waals surface area contributed by atoms with Gasteiger partial charge in [0.1, 0.15) is 11.6 Å². The van der Waals surface area contributed by atoms with Crippen LogP contribution in [-0.2, 0) is 6.42 Å². The van der Waals surface area contributed by atoms with Gasteiger partial charge in [-0.05, 0) is 37.6 Å². The van der Waals surface area contributed by atoms with E-state index in [0.29, 0.717) is 17.6 Å². The molecule has 0 aliphatic carbocycles. The SMILES string of the molecule is CCNC(=NCCc1nc2ccccc2[nH]1)NC1CCN(c2ncccc2Cl)C1.I. The number of hydrogen-bond acceptors (Lipinski definition) is 4. The topological polar surface area (TPSA) is 81.2 Å². The Balaban J connectivity index is 0.00000256. The van der Waals surface area contributed by atoms with Crippen molar-refractivity contribution in [2.24, 2.45) is 4.99 Å². The molecule has 7 nitrogen and oxygen atoms in total. The standard InChI is InChI=1S/C21H26ClN7.HI/c1-2-23-21(25-12-9-19-27-17-7-3-4-8-18(17)28-19)26-15-10-13-29(14-15)20-16(22)6-5-11-24-20;/h3-8,11,15H,2,9-10,12-14H2,1H3,(H,27,28)(H2,23,25,26);1H. The van der Waals surface area contributed by atoms with Crippen molar-refractivity contribution in [3.05, 3.63) is 53.4 Å². The van der Waals surface area contributed by atoms with Crippen molar-refractivity contribution in [2.75, 3.05) is 31.1 Å². The molecule has 1 aliphatic heterocycles. The van der Waals surface area contributed by atoms with E-state index in [1.54, 1.807) is 6.20 Å². The molecule has 0 amide bonds. The van der Waals surface area contributed by atoms with Gasteiger partial charge in [-0.15, -0.1) is 24.0 Å². The molecular weight excluding hydrogens is 513 g/mol. The fourth-order valence-corrected chi connectivity index (χ4v) is 3.83. The van der Waals surface area contributed by atoms with Crippen LogP contribution < -0.4 is 15.5 Å². The summed E-state index contributed by atoms with van der Waals surface area (Å²) in [7, 11) is 0. The molecule has 0 spiro atoms. The van der Waals surface area contributed by atoms with E-state index in [-0.39, 0.29) is 24.0 Å². The summed E-state index contributed by atoms with van der Waals surface area (Å²) in [6, 6.07) is 12.1. The van der Waals surface area contributed by atoms with Crippen molar-refractivity contribution < 1.29 is 0 Å². The van der Waals surface area contributed by atoms with Crippen LogP contribution in [-0.4, -0.2) is 53.1 Å². The molecule has 3 heterocycles. The van der Waals surface area contributed by atoms with E-state index >= 15 is 0 Å². The first-order valence-corrected chi connectivity index (χ1v) is 10.4. The molecule has 160 valence electrons. The highest BCUT2D eigenvalue weighted by atomic mass is 127. The van der Waals surface area contributed by atoms with Crippen LogP contribution in [0, 0.1) is 0 Å². The van der Waals surface area contributed by atoms with Crippen LogP contribution in [0.1, 0.15) is 19.2 Å². The van der Waals surface area contributed by atoms with Crippen LogP contribution >= 0.6 is 35.6 Å². The van der Waals surface area contributed by atoms with Crippen molar-refractivity contribution >= 4 is 58.4 Å². The first-order valence-electron chi connectivity index (χ1n) is 10.1. The molecule has 3 N–H and O–H groups in total. The van der Waals surface area contributed by atoms with Crippen LogP contribution in [0.5, 0.6) is 0 Å². The summed E-state index contributed by atoms with van der Waals surface area (Å²) < 4.78 is 0. The number of para-hydroxylation sites is 2. The summed E-state index contributed by atoms with van der Waals surface area (Å²) in [5.41, 5.74) is 2.06. The highest BCUT2D eigenvalue weighted by Crippen LogP contribution is 2.25. The minimum Gasteiger partial charge on any atom is -0.357 e. The van der Waals surface area contributed by atoms with E-state index in [9.17, 15) is 0 Å². The molecule has 2 aromatic heterocycles. The van der Waals surface area contributed by atoms with Crippen LogP contribution in [0.25, 0.3) is 11.0 Å². The van der Waals surface area contributed by atoms with Gasteiger partial charge in [-0.2, -0.15) is 0 Å². The van der Waals surface area contributed by atoms with Crippen molar-refractivity contribution in [2.45, 2.75) is 25.8 Å². The summed E-state index contributed by atoms with van der Waals surface area (Å²) in [5.74, 6) is 2.65. The van der Waals surface area contributed by atoms with E-state index in [0.717, 1.165) is 61.1 Å². The number of rotatable bonds is 6. The second-order valence-corrected chi connectivity index (χ2v) is 7.50. The fraction of sp³-hybridized carbons (Fsp3) is 0.381. The largest absolute Gasteiger partial charge is 0.357 e. The van der Waals surface area contributed by atoms with E-state index < -0.39 is 0 Å². The van der Waals surface area contributed by atoms with Crippen molar-refractivity contribution in [3.63, 3.8) is 0 Å². The van der Waals surface area contributed by atoms with Gasteiger partial charge >= 0.3 is 0 Å². The first-order chi connectivity index (χ1) is 14.2. The van der Waals surface area contributed by atoms with Gasteiger partial charge in [-0.25, -0.2) is 9.97 Å². The van der Waals surface area contributed by atoms with Crippen LogP contribution in [0.3, 0.4) is 0 Å². The third-order valence-corrected chi connectivity index (χ3v) is 5.26. The van der Waals surface area contributed by atoms with Gasteiger partial charge in [0.25, 0.3) is 0 Å². The number of nitrogens with one attached hydrogen (secondary N) is 3. The molecule has 1 fully saturated rings. The maximum atomic E-state index is 6.29. The molecule has 9 heteroatoms. The van der Waals surface area contributed by atoms with Crippen LogP contribution in [0.2, 0.25) is 5.02 Å². The predicted octanol–water partition coefficient (Wildman–Crippen LogP) is 3.61. The Bertz CT molecular complexity index is 957. The molecule has 1 saturated heterocycles. The third kappa shape index (κ3) is 5.54. The van der Waals surface area contributed by atoms with Gasteiger partial charge in [-0.1, -0.05) is 23.7 Å². The average Bonchev–Trinajstić information content (AvgIpc) is 3.35. The van der Waals surface area contributed by atoms with Crippen molar-refractivity contribution in [1.82, 2.24) is 25.6 Å². The summed E-state index contributed by atoms with van der Waals surface area (Å²) in [5, 5.41) is 7.58. The molecule has 30 heavy (non-hydrogen) atoms. The Kier molecular flexibility index (Phi) is 8.15. The Morgan fingerprint density at radius 2 is 2.17 bits per heavy atom. The first kappa shape index (κ1) is 22.6. The molecule has 3 aromatic rings. The summed E-state index contributed by atoms with van der Waals surface area (Å²) >= 11 is 6.29. The molecule has 1 unspecified atom stereocenters. The van der Waals surface area contributed by atoms with Gasteiger partial charge in [0.2, 0.25) is 0 Å². The molecule has 0 radical (unpaired) electrons. The van der Waals surface area contributed by atoms with Crippen molar-refractivity contribution in [1.29, 1.82) is 0 Å². The minimum atomic E-state index is 0. The third-order valence-electron chi connectivity index (χ3n) is 4.97. The van der Waals surface area contributed by atoms with E-state index in [2.05, 4.69) is 37.4 Å². The molecule has 1 aliphatic rings. The fourth-order valence-electron chi connectivity index (χ4n) is 3.59. The number of aromatic amines is 1. The minimum absolute atomic E-state index is 0. The number of imidazole rings is 1. The van der Waals surface area contributed by atoms with E-state index in [1.807, 2.05) is 36.4 Å². The van der Waals surface area contributed by atoms with E-state index in [1.165, 1.54) is 0 Å². The number of fused-ring (bicyclic) bond motifs is 1. The zero-order valence-corrected chi connectivity index (χ0v) is 20.0. The van der Waals surface area contributed by atoms with Gasteiger partial charge < -0.3 is 20.5 Å². The molecular formula is C21H27ClIN7. The average molecular weight is 540 g/mol. The highest BCUT2D eigenvalue weighted by Gasteiger charge is 2.25. The van der Waals surface area contributed by atoms with Crippen molar-refractivity contribution in [3.8, 4) is 0 Å². The number of halogens is 2. The number of aliphatic imine (C=N–C) groups is 1. The number of aromatic nitrogens is 3. The number of anilines is 1. The lowest BCUT2D eigenvalue weighted by Crippen LogP contribution is -2.44. The Morgan fingerprint density at radius 3 is 2.97 bits per heavy atom. The number of guanidine groups is 1. The molecule has 1 aromatic carbocycles. The highest BCUT2D eigenvalue weighted by molar-refractivity contribution is 14.0. The molecule has 0 saturated carbocycles. The number of pyridine rings is 1.